The van der Waals surface area contributed by atoms with E-state index in [4.69, 9.17) is 9.15 Å². The van der Waals surface area contributed by atoms with Gasteiger partial charge in [0.05, 0.1) is 6.10 Å². The largest absolute Gasteiger partial charge is 0.451 e. The van der Waals surface area contributed by atoms with Gasteiger partial charge < -0.3 is 19.0 Å². The fraction of sp³-hybridized carbons (Fsp3) is 0.333. The molecule has 0 saturated carbocycles. The van der Waals surface area contributed by atoms with Gasteiger partial charge in [0.25, 0.3) is 5.91 Å². The normalized spacial score (nSPS) is 15.4. The van der Waals surface area contributed by atoms with E-state index in [1.54, 1.807) is 24.3 Å². The first-order valence-electron chi connectivity index (χ1n) is 11.3. The Balaban J connectivity index is 1.53. The van der Waals surface area contributed by atoms with Crippen LogP contribution in [0.25, 0.3) is 11.3 Å². The minimum absolute atomic E-state index is 0.0141. The van der Waals surface area contributed by atoms with Crippen molar-refractivity contribution in [1.82, 2.24) is 4.90 Å². The standard InChI is InChI=1S/C27H30N2O4/c1-19(30)21-8-10-22(11-9-21)25-14-15-26(33-25)27(31)29(18-24-5-4-16-32-24)17-20-6-12-23(13-7-20)28(2)3/h6-15,24H,4-5,16-18H2,1-3H3. The first-order chi connectivity index (χ1) is 15.9. The number of amides is 1. The number of benzene rings is 2. The van der Waals surface area contributed by atoms with Crippen molar-refractivity contribution < 1.29 is 18.7 Å². The van der Waals surface area contributed by atoms with Gasteiger partial charge in [0.2, 0.25) is 0 Å². The van der Waals surface area contributed by atoms with Crippen molar-refractivity contribution in [3.8, 4) is 11.3 Å². The molecule has 1 saturated heterocycles. The molecule has 6 nitrogen and oxygen atoms in total. The van der Waals surface area contributed by atoms with Crippen molar-refractivity contribution in [2.24, 2.45) is 0 Å². The first-order valence-corrected chi connectivity index (χ1v) is 11.3. The number of hydrogen-bond acceptors (Lipinski definition) is 5. The van der Waals surface area contributed by atoms with E-state index >= 15 is 0 Å². The molecule has 1 aliphatic heterocycles. The zero-order valence-electron chi connectivity index (χ0n) is 19.4. The van der Waals surface area contributed by atoms with E-state index in [0.29, 0.717) is 30.2 Å². The molecule has 1 aliphatic rings. The maximum Gasteiger partial charge on any atom is 0.289 e. The van der Waals surface area contributed by atoms with E-state index in [1.165, 1.54) is 6.92 Å². The van der Waals surface area contributed by atoms with Crippen LogP contribution in [0.3, 0.4) is 0 Å². The van der Waals surface area contributed by atoms with Crippen LogP contribution in [-0.4, -0.2) is 49.9 Å². The maximum atomic E-state index is 13.4. The molecule has 6 heteroatoms. The predicted molar refractivity (Wildman–Crippen MR) is 129 cm³/mol. The Labute approximate surface area is 194 Å². The number of carbonyl (C=O) groups excluding carboxylic acids is 2. The third-order valence-corrected chi connectivity index (χ3v) is 5.95. The molecule has 1 aromatic heterocycles. The van der Waals surface area contributed by atoms with Gasteiger partial charge in [-0.3, -0.25) is 9.59 Å². The third-order valence-electron chi connectivity index (χ3n) is 5.95. The summed E-state index contributed by atoms with van der Waals surface area (Å²) < 4.78 is 11.7. The molecular weight excluding hydrogens is 416 g/mol. The summed E-state index contributed by atoms with van der Waals surface area (Å²) in [6.45, 7) is 3.29. The molecule has 0 spiro atoms. The second-order valence-electron chi connectivity index (χ2n) is 8.68. The Morgan fingerprint density at radius 3 is 2.30 bits per heavy atom. The van der Waals surface area contributed by atoms with E-state index in [-0.39, 0.29) is 17.8 Å². The summed E-state index contributed by atoms with van der Waals surface area (Å²) in [7, 11) is 4.01. The Morgan fingerprint density at radius 1 is 0.970 bits per heavy atom. The van der Waals surface area contributed by atoms with Crippen molar-refractivity contribution in [3.05, 3.63) is 77.6 Å². The van der Waals surface area contributed by atoms with Crippen LogP contribution in [0.15, 0.2) is 65.1 Å². The number of ketones is 1. The Morgan fingerprint density at radius 2 is 1.70 bits per heavy atom. The minimum atomic E-state index is -0.159. The van der Waals surface area contributed by atoms with Crippen molar-refractivity contribution in [2.75, 3.05) is 32.1 Å². The van der Waals surface area contributed by atoms with Crippen LogP contribution in [0.2, 0.25) is 0 Å². The summed E-state index contributed by atoms with van der Waals surface area (Å²) in [6.07, 6.45) is 2.02. The van der Waals surface area contributed by atoms with Gasteiger partial charge in [-0.2, -0.15) is 0 Å². The summed E-state index contributed by atoms with van der Waals surface area (Å²) in [6, 6.07) is 18.9. The van der Waals surface area contributed by atoms with Crippen LogP contribution in [-0.2, 0) is 11.3 Å². The average Bonchev–Trinajstić information content (AvgIpc) is 3.51. The van der Waals surface area contributed by atoms with Crippen LogP contribution in [0, 0.1) is 0 Å². The van der Waals surface area contributed by atoms with Crippen LogP contribution < -0.4 is 4.90 Å². The summed E-state index contributed by atoms with van der Waals surface area (Å²) in [4.78, 5) is 28.8. The molecule has 33 heavy (non-hydrogen) atoms. The van der Waals surface area contributed by atoms with Gasteiger partial charge in [-0.25, -0.2) is 0 Å². The number of carbonyl (C=O) groups is 2. The summed E-state index contributed by atoms with van der Waals surface area (Å²) >= 11 is 0. The van der Waals surface area contributed by atoms with Crippen molar-refractivity contribution in [3.63, 3.8) is 0 Å². The molecule has 2 heterocycles. The topological polar surface area (TPSA) is 63.0 Å². The zero-order valence-corrected chi connectivity index (χ0v) is 19.4. The van der Waals surface area contributed by atoms with Gasteiger partial charge in [-0.1, -0.05) is 36.4 Å². The van der Waals surface area contributed by atoms with Crippen LogP contribution in [0.5, 0.6) is 0 Å². The molecule has 1 amide bonds. The maximum absolute atomic E-state index is 13.4. The Hall–Kier alpha value is -3.38. The number of rotatable bonds is 8. The second kappa shape index (κ2) is 10.0. The lowest BCUT2D eigenvalue weighted by molar-refractivity contribution is 0.0484. The number of Topliss-reactive ketones (excluding diaryl/α,β-unsaturated/α-hetero) is 1. The summed E-state index contributed by atoms with van der Waals surface area (Å²) in [5.41, 5.74) is 3.63. The molecule has 1 fully saturated rings. The Bertz CT molecular complexity index is 1090. The van der Waals surface area contributed by atoms with Gasteiger partial charge in [-0.15, -0.1) is 0 Å². The van der Waals surface area contributed by atoms with Crippen LogP contribution in [0.4, 0.5) is 5.69 Å². The minimum Gasteiger partial charge on any atom is -0.451 e. The highest BCUT2D eigenvalue weighted by molar-refractivity contribution is 5.94. The number of nitrogens with zero attached hydrogens (tertiary/aromatic N) is 2. The molecule has 0 aliphatic carbocycles. The average molecular weight is 447 g/mol. The summed E-state index contributed by atoms with van der Waals surface area (Å²) in [5.74, 6) is 0.749. The molecule has 0 radical (unpaired) electrons. The predicted octanol–water partition coefficient (Wildman–Crippen LogP) is 5.04. The van der Waals surface area contributed by atoms with E-state index in [9.17, 15) is 9.59 Å². The molecule has 0 N–H and O–H groups in total. The van der Waals surface area contributed by atoms with Crippen LogP contribution >= 0.6 is 0 Å². The molecular formula is C27H30N2O4. The SMILES string of the molecule is CC(=O)c1ccc(-c2ccc(C(=O)N(Cc3ccc(N(C)C)cc3)CC3CCCO3)o2)cc1. The van der Waals surface area contributed by atoms with Gasteiger partial charge >= 0.3 is 0 Å². The molecule has 4 rings (SSSR count). The lowest BCUT2D eigenvalue weighted by Gasteiger charge is -2.25. The van der Waals surface area contributed by atoms with E-state index < -0.39 is 0 Å². The Kier molecular flexibility index (Phi) is 6.94. The van der Waals surface area contributed by atoms with Crippen molar-refractivity contribution >= 4 is 17.4 Å². The fourth-order valence-electron chi connectivity index (χ4n) is 4.01. The van der Waals surface area contributed by atoms with E-state index in [2.05, 4.69) is 24.3 Å². The molecule has 172 valence electrons. The van der Waals surface area contributed by atoms with Crippen molar-refractivity contribution in [1.29, 1.82) is 0 Å². The van der Waals surface area contributed by atoms with Gasteiger partial charge in [0.1, 0.15) is 5.76 Å². The number of ether oxygens (including phenoxy) is 1. The lowest BCUT2D eigenvalue weighted by Crippen LogP contribution is -2.36. The zero-order chi connectivity index (χ0) is 23.4. The molecule has 2 aromatic carbocycles. The van der Waals surface area contributed by atoms with E-state index in [1.807, 2.05) is 36.0 Å². The number of hydrogen-bond donors (Lipinski definition) is 0. The monoisotopic (exact) mass is 446 g/mol. The third kappa shape index (κ3) is 5.52. The van der Waals surface area contributed by atoms with Gasteiger partial charge in [-0.05, 0) is 49.6 Å². The second-order valence-corrected chi connectivity index (χ2v) is 8.68. The quantitative estimate of drug-likeness (QED) is 0.454. The number of anilines is 1. The van der Waals surface area contributed by atoms with E-state index in [0.717, 1.165) is 36.3 Å². The molecule has 0 bridgehead atoms. The molecule has 3 aromatic rings. The fourth-order valence-corrected chi connectivity index (χ4v) is 4.01. The first kappa shape index (κ1) is 22.8. The molecule has 1 unspecified atom stereocenters. The lowest BCUT2D eigenvalue weighted by atomic mass is 10.1. The highest BCUT2D eigenvalue weighted by Gasteiger charge is 2.25. The number of furan rings is 1. The summed E-state index contributed by atoms with van der Waals surface area (Å²) in [5, 5.41) is 0. The smallest absolute Gasteiger partial charge is 0.289 e. The molecule has 1 atom stereocenters. The van der Waals surface area contributed by atoms with Crippen LogP contribution in [0.1, 0.15) is 46.2 Å². The van der Waals surface area contributed by atoms with Gasteiger partial charge in [0.15, 0.2) is 11.5 Å². The highest BCUT2D eigenvalue weighted by Crippen LogP contribution is 2.25. The van der Waals surface area contributed by atoms with Gasteiger partial charge in [0, 0.05) is 50.6 Å². The van der Waals surface area contributed by atoms with Crippen molar-refractivity contribution in [2.45, 2.75) is 32.4 Å². The highest BCUT2D eigenvalue weighted by atomic mass is 16.5.